The predicted octanol–water partition coefficient (Wildman–Crippen LogP) is 6.70. The van der Waals surface area contributed by atoms with Gasteiger partial charge < -0.3 is 4.42 Å². The van der Waals surface area contributed by atoms with Crippen LogP contribution in [0.4, 0.5) is 0 Å². The molecular weight excluding hydrogens is 394 g/mol. The first-order valence-electron chi connectivity index (χ1n) is 11.0. The van der Waals surface area contributed by atoms with Crippen LogP contribution < -0.4 is 9.75 Å². The van der Waals surface area contributed by atoms with Crippen LogP contribution in [-0.4, -0.2) is 8.07 Å². The summed E-state index contributed by atoms with van der Waals surface area (Å²) in [5.41, 5.74) is 9.53. The van der Waals surface area contributed by atoms with E-state index in [1.165, 1.54) is 54.8 Å². The summed E-state index contributed by atoms with van der Waals surface area (Å²) in [5.74, 6) is 0. The minimum atomic E-state index is -1.57. The van der Waals surface area contributed by atoms with E-state index in [0.717, 1.165) is 11.2 Å². The Morgan fingerprint density at radius 2 is 1.55 bits per heavy atom. The summed E-state index contributed by atoms with van der Waals surface area (Å²) in [5, 5.41) is 5.28. The molecule has 5 rings (SSSR count). The largest absolute Gasteiger partial charge is 0.455 e. The van der Waals surface area contributed by atoms with Gasteiger partial charge >= 0.3 is 0 Å². The van der Waals surface area contributed by atoms with Crippen LogP contribution in [0.1, 0.15) is 16.7 Å². The Morgan fingerprint density at radius 3 is 2.29 bits per heavy atom. The third kappa shape index (κ3) is 3.02. The van der Waals surface area contributed by atoms with Crippen molar-refractivity contribution in [3.05, 3.63) is 71.3 Å². The minimum absolute atomic E-state index is 0.959. The maximum atomic E-state index is 6.52. The first-order valence-corrected chi connectivity index (χ1v) is 14.5. The van der Waals surface area contributed by atoms with Crippen molar-refractivity contribution < 1.29 is 8.98 Å². The summed E-state index contributed by atoms with van der Waals surface area (Å²) in [6.45, 7) is 13.9. The lowest BCUT2D eigenvalue weighted by Crippen LogP contribution is -2.43. The second kappa shape index (κ2) is 6.79. The number of hydrogen-bond donors (Lipinski definition) is 0. The molecular formula is C28H30NOSi+. The van der Waals surface area contributed by atoms with Gasteiger partial charge in [-0.1, -0.05) is 43.4 Å². The van der Waals surface area contributed by atoms with Crippen LogP contribution in [-0.2, 0) is 7.05 Å². The van der Waals surface area contributed by atoms with Gasteiger partial charge in [0, 0.05) is 28.3 Å². The summed E-state index contributed by atoms with van der Waals surface area (Å²) in [4.78, 5) is 0. The lowest BCUT2D eigenvalue weighted by atomic mass is 9.95. The molecule has 0 bridgehead atoms. The lowest BCUT2D eigenvalue weighted by molar-refractivity contribution is -0.633. The van der Waals surface area contributed by atoms with E-state index in [-0.39, 0.29) is 0 Å². The number of para-hydroxylation sites is 1. The monoisotopic (exact) mass is 424 g/mol. The van der Waals surface area contributed by atoms with Gasteiger partial charge in [-0.05, 0) is 61.4 Å². The lowest BCUT2D eigenvalue weighted by Gasteiger charge is -2.20. The highest BCUT2D eigenvalue weighted by Crippen LogP contribution is 2.39. The maximum Gasteiger partial charge on any atom is 0.216 e. The van der Waals surface area contributed by atoms with Crippen molar-refractivity contribution in [1.82, 2.24) is 0 Å². The molecule has 2 nitrogen and oxygen atoms in total. The van der Waals surface area contributed by atoms with Crippen molar-refractivity contribution in [3.8, 4) is 11.3 Å². The van der Waals surface area contributed by atoms with E-state index < -0.39 is 8.07 Å². The highest BCUT2D eigenvalue weighted by Gasteiger charge is 2.29. The predicted molar refractivity (Wildman–Crippen MR) is 135 cm³/mol. The first-order chi connectivity index (χ1) is 14.7. The maximum absolute atomic E-state index is 6.52. The van der Waals surface area contributed by atoms with Crippen LogP contribution in [0.2, 0.25) is 19.6 Å². The molecule has 156 valence electrons. The second-order valence-corrected chi connectivity index (χ2v) is 15.0. The third-order valence-electron chi connectivity index (χ3n) is 6.70. The summed E-state index contributed by atoms with van der Waals surface area (Å²) < 4.78 is 8.87. The van der Waals surface area contributed by atoms with Gasteiger partial charge in [-0.3, -0.25) is 0 Å². The average molecular weight is 425 g/mol. The number of nitrogens with zero attached hydrogens (tertiary/aromatic N) is 1. The van der Waals surface area contributed by atoms with Crippen molar-refractivity contribution in [2.45, 2.75) is 40.4 Å². The van der Waals surface area contributed by atoms with Crippen LogP contribution in [0.5, 0.6) is 0 Å². The molecule has 5 aromatic rings. The van der Waals surface area contributed by atoms with E-state index in [1.807, 2.05) is 0 Å². The summed E-state index contributed by atoms with van der Waals surface area (Å²) in [7, 11) is 0.620. The van der Waals surface area contributed by atoms with E-state index in [0.29, 0.717) is 0 Å². The van der Waals surface area contributed by atoms with E-state index in [4.69, 9.17) is 4.42 Å². The van der Waals surface area contributed by atoms with Crippen LogP contribution in [0, 0.1) is 20.8 Å². The van der Waals surface area contributed by atoms with Crippen LogP contribution >= 0.6 is 0 Å². The Kier molecular flexibility index (Phi) is 4.39. The molecule has 3 heteroatoms. The highest BCUT2D eigenvalue weighted by atomic mass is 28.3. The zero-order valence-electron chi connectivity index (χ0n) is 19.6. The van der Waals surface area contributed by atoms with Gasteiger partial charge in [0.1, 0.15) is 18.2 Å². The zero-order chi connectivity index (χ0) is 22.1. The molecule has 2 heterocycles. The number of benzene rings is 3. The minimum Gasteiger partial charge on any atom is -0.455 e. The van der Waals surface area contributed by atoms with E-state index in [2.05, 4.69) is 107 Å². The molecule has 0 radical (unpaired) electrons. The Labute approximate surface area is 185 Å². The molecule has 0 N–H and O–H groups in total. The summed E-state index contributed by atoms with van der Waals surface area (Å²) in [6, 6.07) is 20.0. The number of rotatable bonds is 2. The Balaban J connectivity index is 1.98. The highest BCUT2D eigenvalue weighted by molar-refractivity contribution is 6.90. The zero-order valence-corrected chi connectivity index (χ0v) is 20.6. The van der Waals surface area contributed by atoms with Crippen molar-refractivity contribution in [2.75, 3.05) is 0 Å². The van der Waals surface area contributed by atoms with Crippen molar-refractivity contribution in [3.63, 3.8) is 0 Å². The fourth-order valence-corrected chi connectivity index (χ4v) is 6.44. The molecule has 0 amide bonds. The summed E-state index contributed by atoms with van der Waals surface area (Å²) in [6.07, 6.45) is 0. The standard InChI is InChI=1S/C28H30NOSi/c1-17-12-13-25-21(14-17)22-15-18(2)19(3)27(28(22)30-25)24-16-26(31(5,6)7)20-10-8-9-11-23(20)29(24)4/h8-16H,1-7H3/q+1. The van der Waals surface area contributed by atoms with Gasteiger partial charge in [-0.2, -0.15) is 4.57 Å². The molecule has 0 aliphatic rings. The molecule has 31 heavy (non-hydrogen) atoms. The molecule has 0 aliphatic carbocycles. The molecule has 2 aromatic heterocycles. The topological polar surface area (TPSA) is 17.0 Å². The molecule has 0 fully saturated rings. The number of pyridine rings is 1. The third-order valence-corrected chi connectivity index (χ3v) is 8.73. The molecule has 3 aromatic carbocycles. The van der Waals surface area contributed by atoms with Gasteiger partial charge in [0.25, 0.3) is 0 Å². The quantitative estimate of drug-likeness (QED) is 0.228. The van der Waals surface area contributed by atoms with Crippen molar-refractivity contribution in [1.29, 1.82) is 0 Å². The average Bonchev–Trinajstić information content (AvgIpc) is 3.06. The van der Waals surface area contributed by atoms with Gasteiger partial charge in [-0.15, -0.1) is 0 Å². The molecule has 0 unspecified atom stereocenters. The van der Waals surface area contributed by atoms with E-state index in [9.17, 15) is 0 Å². The number of fused-ring (bicyclic) bond motifs is 4. The second-order valence-electron chi connectivity index (χ2n) is 9.94. The van der Waals surface area contributed by atoms with Gasteiger partial charge in [0.2, 0.25) is 11.2 Å². The number of aromatic nitrogens is 1. The van der Waals surface area contributed by atoms with Crippen LogP contribution in [0.3, 0.4) is 0 Å². The normalized spacial score (nSPS) is 12.4. The fourth-order valence-electron chi connectivity index (χ4n) is 4.86. The number of aryl methyl sites for hydroxylation is 3. The Morgan fingerprint density at radius 1 is 0.806 bits per heavy atom. The number of hydrogen-bond acceptors (Lipinski definition) is 1. The smallest absolute Gasteiger partial charge is 0.216 e. The fraction of sp³-hybridized carbons (Fsp3) is 0.250. The first kappa shape index (κ1) is 20.0. The number of furan rings is 1. The van der Waals surface area contributed by atoms with Gasteiger partial charge in [0.15, 0.2) is 0 Å². The van der Waals surface area contributed by atoms with E-state index in [1.54, 1.807) is 0 Å². The van der Waals surface area contributed by atoms with Crippen molar-refractivity contribution >= 4 is 46.1 Å². The molecule has 0 atom stereocenters. The molecule has 0 spiro atoms. The summed E-state index contributed by atoms with van der Waals surface area (Å²) >= 11 is 0. The Bertz CT molecular complexity index is 1500. The molecule has 0 aliphatic heterocycles. The van der Waals surface area contributed by atoms with Gasteiger partial charge in [0.05, 0.1) is 13.6 Å². The van der Waals surface area contributed by atoms with Crippen LogP contribution in [0.25, 0.3) is 44.1 Å². The van der Waals surface area contributed by atoms with E-state index >= 15 is 0 Å². The van der Waals surface area contributed by atoms with Crippen LogP contribution in [0.15, 0.2) is 59.0 Å². The SMILES string of the molecule is Cc1ccc2oc3c(-c4cc([Si](C)(C)C)c5ccccc5[n+]4C)c(C)c(C)cc3c2c1. The molecule has 0 saturated heterocycles. The van der Waals surface area contributed by atoms with Crippen molar-refractivity contribution in [2.24, 2.45) is 7.05 Å². The Hall–Kier alpha value is -2.91. The van der Waals surface area contributed by atoms with Gasteiger partial charge in [-0.25, -0.2) is 0 Å². The molecule has 0 saturated carbocycles.